The third kappa shape index (κ3) is 5.45. The zero-order valence-electron chi connectivity index (χ0n) is 20.0. The van der Waals surface area contributed by atoms with Gasteiger partial charge in [-0.3, -0.25) is 4.79 Å². The van der Waals surface area contributed by atoms with E-state index in [9.17, 15) is 18.0 Å². The number of benzene rings is 2. The van der Waals surface area contributed by atoms with Crippen molar-refractivity contribution < 1.29 is 22.7 Å². The van der Waals surface area contributed by atoms with Crippen molar-refractivity contribution in [3.05, 3.63) is 72.1 Å². The monoisotopic (exact) mass is 495 g/mol. The lowest BCUT2D eigenvalue weighted by Crippen LogP contribution is -2.42. The maximum atomic E-state index is 13.3. The smallest absolute Gasteiger partial charge is 0.410 e. The Hall–Kier alpha value is -3.46. The van der Waals surface area contributed by atoms with Gasteiger partial charge in [-0.1, -0.05) is 42.5 Å². The van der Waals surface area contributed by atoms with E-state index in [1.807, 2.05) is 20.8 Å². The van der Waals surface area contributed by atoms with Gasteiger partial charge in [-0.05, 0) is 51.3 Å². The summed E-state index contributed by atoms with van der Waals surface area (Å²) in [4.78, 5) is 25.6. The van der Waals surface area contributed by atoms with Crippen LogP contribution in [0.3, 0.4) is 0 Å². The fourth-order valence-corrected chi connectivity index (χ4v) is 5.30. The van der Waals surface area contributed by atoms with Crippen molar-refractivity contribution in [3.8, 4) is 11.1 Å². The Kier molecular flexibility index (Phi) is 6.80. The molecule has 1 atom stereocenters. The van der Waals surface area contributed by atoms with Gasteiger partial charge in [-0.25, -0.2) is 4.79 Å². The second kappa shape index (κ2) is 9.65. The highest BCUT2D eigenvalue weighted by Gasteiger charge is 2.32. The van der Waals surface area contributed by atoms with Gasteiger partial charge in [0.15, 0.2) is 0 Å². The van der Waals surface area contributed by atoms with Gasteiger partial charge in [0.2, 0.25) is 0 Å². The number of rotatable bonds is 5. The Morgan fingerprint density at radius 3 is 2.40 bits per heavy atom. The topological polar surface area (TPSA) is 98.6 Å². The van der Waals surface area contributed by atoms with Gasteiger partial charge in [0.1, 0.15) is 11.9 Å². The maximum absolute atomic E-state index is 13.3. The van der Waals surface area contributed by atoms with E-state index in [-0.39, 0.29) is 10.8 Å². The van der Waals surface area contributed by atoms with E-state index in [2.05, 4.69) is 5.10 Å². The minimum Gasteiger partial charge on any atom is -0.444 e. The number of amides is 1. The summed E-state index contributed by atoms with van der Waals surface area (Å²) in [5.41, 5.74) is 1.90. The molecule has 1 saturated heterocycles. The largest absolute Gasteiger partial charge is 0.444 e. The minimum absolute atomic E-state index is 0.135. The highest BCUT2D eigenvalue weighted by Crippen LogP contribution is 2.35. The van der Waals surface area contributed by atoms with E-state index >= 15 is 0 Å². The highest BCUT2D eigenvalue weighted by atomic mass is 32.2. The molecular formula is C26H29N3O5S. The summed E-state index contributed by atoms with van der Waals surface area (Å²) < 4.78 is 33.2. The maximum Gasteiger partial charge on any atom is 0.410 e. The van der Waals surface area contributed by atoms with E-state index in [0.717, 1.165) is 28.8 Å². The van der Waals surface area contributed by atoms with Crippen molar-refractivity contribution in [2.45, 2.75) is 50.0 Å². The molecule has 1 aromatic heterocycles. The first kappa shape index (κ1) is 24.7. The van der Waals surface area contributed by atoms with Crippen LogP contribution in [-0.2, 0) is 14.8 Å². The molecule has 3 aromatic rings. The first-order chi connectivity index (χ1) is 16.6. The van der Waals surface area contributed by atoms with Crippen molar-refractivity contribution in [2.75, 3.05) is 13.1 Å². The van der Waals surface area contributed by atoms with Gasteiger partial charge in [-0.2, -0.15) is 17.6 Å². The molecule has 184 valence electrons. The lowest BCUT2D eigenvalue weighted by molar-refractivity contribution is 0.0197. The summed E-state index contributed by atoms with van der Waals surface area (Å²) in [6.07, 6.45) is 3.37. The molecule has 0 bridgehead atoms. The number of carbonyl (C=O) groups excluding carboxylic acids is 2. The molecule has 0 unspecified atom stereocenters. The van der Waals surface area contributed by atoms with E-state index in [1.54, 1.807) is 47.4 Å². The third-order valence-electron chi connectivity index (χ3n) is 5.83. The van der Waals surface area contributed by atoms with Crippen LogP contribution in [0.1, 0.15) is 55.6 Å². The summed E-state index contributed by atoms with van der Waals surface area (Å²) in [6.45, 7) is 6.41. The van der Waals surface area contributed by atoms with E-state index in [4.69, 9.17) is 4.74 Å². The first-order valence-corrected chi connectivity index (χ1v) is 13.0. The Bertz CT molecular complexity index is 1310. The van der Waals surface area contributed by atoms with E-state index < -0.39 is 21.7 Å². The SMILES string of the molecule is CC(C)(C)OC(=O)N1CCC[C@H](c2nn(S(=O)(=O)c3ccccc3)cc2-c2ccc(C=O)cc2)C1. The molecule has 2 heterocycles. The standard InChI is InChI=1S/C26H29N3O5S/c1-26(2,3)34-25(31)28-15-7-8-21(16-28)24-23(20-13-11-19(18-30)12-14-20)17-29(27-24)35(32,33)22-9-5-4-6-10-22/h4-6,9-14,17-18,21H,7-8,15-16H2,1-3H3/t21-/m0/s1. The molecule has 1 aliphatic heterocycles. The predicted octanol–water partition coefficient (Wildman–Crippen LogP) is 4.71. The Morgan fingerprint density at radius 2 is 1.77 bits per heavy atom. The first-order valence-electron chi connectivity index (χ1n) is 11.5. The lowest BCUT2D eigenvalue weighted by Gasteiger charge is -2.33. The summed E-state index contributed by atoms with van der Waals surface area (Å²) in [6, 6.07) is 15.1. The van der Waals surface area contributed by atoms with Crippen LogP contribution in [0.15, 0.2) is 65.7 Å². The van der Waals surface area contributed by atoms with Crippen molar-refractivity contribution in [3.63, 3.8) is 0 Å². The quantitative estimate of drug-likeness (QED) is 0.475. The normalized spacial score (nSPS) is 16.7. The molecule has 35 heavy (non-hydrogen) atoms. The molecule has 0 spiro atoms. The zero-order valence-corrected chi connectivity index (χ0v) is 20.9. The van der Waals surface area contributed by atoms with Crippen LogP contribution in [0.25, 0.3) is 11.1 Å². The van der Waals surface area contributed by atoms with Crippen LogP contribution in [0.4, 0.5) is 4.79 Å². The number of aromatic nitrogens is 2. The Balaban J connectivity index is 1.74. The molecular weight excluding hydrogens is 466 g/mol. The number of aldehydes is 1. The molecule has 4 rings (SSSR count). The predicted molar refractivity (Wildman–Crippen MR) is 132 cm³/mol. The van der Waals surface area contributed by atoms with E-state index in [0.29, 0.717) is 29.9 Å². The molecule has 0 radical (unpaired) electrons. The van der Waals surface area contributed by atoms with Crippen LogP contribution in [0, 0.1) is 0 Å². The third-order valence-corrected chi connectivity index (χ3v) is 7.37. The molecule has 1 fully saturated rings. The van der Waals surface area contributed by atoms with Crippen molar-refractivity contribution in [2.24, 2.45) is 0 Å². The van der Waals surface area contributed by atoms with Gasteiger partial charge in [0, 0.05) is 30.1 Å². The Morgan fingerprint density at radius 1 is 1.09 bits per heavy atom. The minimum atomic E-state index is -3.91. The number of piperidine rings is 1. The molecule has 1 aliphatic rings. The summed E-state index contributed by atoms with van der Waals surface area (Å²) in [7, 11) is -3.91. The number of hydrogen-bond acceptors (Lipinski definition) is 6. The number of ether oxygens (including phenoxy) is 1. The number of hydrogen-bond donors (Lipinski definition) is 0. The second-order valence-electron chi connectivity index (χ2n) is 9.62. The average molecular weight is 496 g/mol. The van der Waals surface area contributed by atoms with Gasteiger partial charge in [0.25, 0.3) is 10.0 Å². The summed E-state index contributed by atoms with van der Waals surface area (Å²) >= 11 is 0. The number of nitrogens with zero attached hydrogens (tertiary/aromatic N) is 3. The molecule has 1 amide bonds. The Labute approximate surface area is 205 Å². The number of carbonyl (C=O) groups is 2. The van der Waals surface area contributed by atoms with Gasteiger partial charge >= 0.3 is 6.09 Å². The van der Waals surface area contributed by atoms with Crippen LogP contribution in [-0.4, -0.2) is 53.6 Å². The fraction of sp³-hybridized carbons (Fsp3) is 0.346. The average Bonchev–Trinajstić information content (AvgIpc) is 3.30. The number of likely N-dealkylation sites (tertiary alicyclic amines) is 1. The van der Waals surface area contributed by atoms with Crippen LogP contribution < -0.4 is 0 Å². The van der Waals surface area contributed by atoms with Crippen molar-refractivity contribution in [1.82, 2.24) is 14.1 Å². The summed E-state index contributed by atoms with van der Waals surface area (Å²) in [5.74, 6) is -0.177. The molecule has 8 nitrogen and oxygen atoms in total. The van der Waals surface area contributed by atoms with Gasteiger partial charge in [-0.15, -0.1) is 0 Å². The molecule has 0 saturated carbocycles. The highest BCUT2D eigenvalue weighted by molar-refractivity contribution is 7.89. The summed E-state index contributed by atoms with van der Waals surface area (Å²) in [5, 5.41) is 4.55. The lowest BCUT2D eigenvalue weighted by atomic mass is 9.90. The van der Waals surface area contributed by atoms with Crippen molar-refractivity contribution in [1.29, 1.82) is 0 Å². The molecule has 0 N–H and O–H groups in total. The zero-order chi connectivity index (χ0) is 25.2. The van der Waals surface area contributed by atoms with Gasteiger partial charge < -0.3 is 9.64 Å². The van der Waals surface area contributed by atoms with Crippen LogP contribution in [0.5, 0.6) is 0 Å². The van der Waals surface area contributed by atoms with E-state index in [1.165, 1.54) is 18.3 Å². The van der Waals surface area contributed by atoms with Crippen LogP contribution in [0.2, 0.25) is 0 Å². The second-order valence-corrected chi connectivity index (χ2v) is 11.4. The van der Waals surface area contributed by atoms with Crippen molar-refractivity contribution >= 4 is 22.4 Å². The molecule has 2 aromatic carbocycles. The van der Waals surface area contributed by atoms with Gasteiger partial charge in [0.05, 0.1) is 16.8 Å². The fourth-order valence-electron chi connectivity index (χ4n) is 4.15. The molecule has 0 aliphatic carbocycles. The molecule has 9 heteroatoms. The van der Waals surface area contributed by atoms with Crippen LogP contribution >= 0.6 is 0 Å².